The number of para-hydroxylation sites is 1. The summed E-state index contributed by atoms with van der Waals surface area (Å²) in [5.41, 5.74) is 3.11. The molecule has 1 aromatic heterocycles. The molecule has 1 N–H and O–H groups in total. The smallest absolute Gasteiger partial charge is 0.147 e. The zero-order chi connectivity index (χ0) is 14.7. The first-order valence-corrected chi connectivity index (χ1v) is 6.64. The van der Waals surface area contributed by atoms with Gasteiger partial charge in [-0.25, -0.2) is 0 Å². The van der Waals surface area contributed by atoms with Crippen LogP contribution in [-0.2, 0) is 7.05 Å². The van der Waals surface area contributed by atoms with Gasteiger partial charge in [-0.15, -0.1) is 0 Å². The van der Waals surface area contributed by atoms with Gasteiger partial charge in [0, 0.05) is 18.3 Å². The number of benzene rings is 2. The Morgan fingerprint density at radius 3 is 2.24 bits per heavy atom. The highest BCUT2D eigenvalue weighted by atomic mass is 15.3. The average Bonchev–Trinajstić information content (AvgIpc) is 2.85. The van der Waals surface area contributed by atoms with Crippen LogP contribution in [0.5, 0.6) is 0 Å². The van der Waals surface area contributed by atoms with Gasteiger partial charge in [-0.05, 0) is 12.1 Å². The molecule has 0 aliphatic carbocycles. The number of aryl methyl sites for hydroxylation is 1. The van der Waals surface area contributed by atoms with Crippen LogP contribution in [0.4, 0.5) is 11.5 Å². The number of nitrogens with zero attached hydrogens (tertiary/aromatic N) is 3. The predicted molar refractivity (Wildman–Crippen MR) is 83.1 cm³/mol. The highest BCUT2D eigenvalue weighted by Crippen LogP contribution is 2.29. The van der Waals surface area contributed by atoms with E-state index in [0.29, 0.717) is 17.1 Å². The van der Waals surface area contributed by atoms with Gasteiger partial charge < -0.3 is 5.32 Å². The summed E-state index contributed by atoms with van der Waals surface area (Å²) in [4.78, 5) is 0. The highest BCUT2D eigenvalue weighted by molar-refractivity contribution is 5.76. The molecule has 0 radical (unpaired) electrons. The predicted octanol–water partition coefficient (Wildman–Crippen LogP) is 3.70. The minimum absolute atomic E-state index is 0.549. The van der Waals surface area contributed by atoms with Crippen molar-refractivity contribution in [3.05, 3.63) is 66.2 Å². The normalized spacial score (nSPS) is 10.1. The number of hydrogen-bond acceptors (Lipinski definition) is 3. The maximum Gasteiger partial charge on any atom is 0.147 e. The van der Waals surface area contributed by atoms with Crippen LogP contribution in [0.15, 0.2) is 60.7 Å². The van der Waals surface area contributed by atoms with Crippen LogP contribution in [0.1, 0.15) is 5.56 Å². The summed E-state index contributed by atoms with van der Waals surface area (Å²) in [5.74, 6) is 0.697. The molecule has 0 atom stereocenters. The lowest BCUT2D eigenvalue weighted by molar-refractivity contribution is 0.780. The van der Waals surface area contributed by atoms with Gasteiger partial charge >= 0.3 is 0 Å². The highest BCUT2D eigenvalue weighted by Gasteiger charge is 2.17. The third-order valence-electron chi connectivity index (χ3n) is 3.24. The van der Waals surface area contributed by atoms with Crippen molar-refractivity contribution in [2.75, 3.05) is 5.32 Å². The number of nitriles is 1. The molecule has 102 valence electrons. The summed E-state index contributed by atoms with van der Waals surface area (Å²) < 4.78 is 1.70. The molecule has 0 aliphatic heterocycles. The van der Waals surface area contributed by atoms with Crippen molar-refractivity contribution >= 4 is 11.5 Å². The second-order valence-corrected chi connectivity index (χ2v) is 4.66. The van der Waals surface area contributed by atoms with Crippen molar-refractivity contribution < 1.29 is 0 Å². The number of nitrogens with one attached hydrogen (secondary N) is 1. The molecule has 0 saturated heterocycles. The van der Waals surface area contributed by atoms with E-state index in [0.717, 1.165) is 11.3 Å². The van der Waals surface area contributed by atoms with Crippen LogP contribution in [0, 0.1) is 11.3 Å². The standard InChI is InChI=1S/C17H14N4/c1-21-17(19-14-10-6-3-7-11-14)15(12-18)16(20-21)13-8-4-2-5-9-13/h2-11,19H,1H3. The molecule has 0 unspecified atom stereocenters. The number of aromatic nitrogens is 2. The van der Waals surface area contributed by atoms with Gasteiger partial charge in [-0.1, -0.05) is 48.5 Å². The summed E-state index contributed by atoms with van der Waals surface area (Å²) in [7, 11) is 1.83. The Morgan fingerprint density at radius 2 is 1.62 bits per heavy atom. The maximum atomic E-state index is 9.51. The average molecular weight is 274 g/mol. The molecule has 0 spiro atoms. The molecule has 1 heterocycles. The van der Waals surface area contributed by atoms with Gasteiger partial charge in [0.05, 0.1) is 0 Å². The SMILES string of the molecule is Cn1nc(-c2ccccc2)c(C#N)c1Nc1ccccc1. The van der Waals surface area contributed by atoms with Gasteiger partial charge in [0.15, 0.2) is 0 Å². The number of hydrogen-bond donors (Lipinski definition) is 1. The third-order valence-corrected chi connectivity index (χ3v) is 3.24. The third kappa shape index (κ3) is 2.49. The Hall–Kier alpha value is -3.06. The van der Waals surface area contributed by atoms with Gasteiger partial charge in [0.1, 0.15) is 23.1 Å². The van der Waals surface area contributed by atoms with Gasteiger partial charge in [0.2, 0.25) is 0 Å². The van der Waals surface area contributed by atoms with Crippen molar-refractivity contribution in [2.24, 2.45) is 7.05 Å². The van der Waals surface area contributed by atoms with E-state index in [1.807, 2.05) is 67.7 Å². The number of rotatable bonds is 3. The van der Waals surface area contributed by atoms with Crippen molar-refractivity contribution in [3.63, 3.8) is 0 Å². The summed E-state index contributed by atoms with van der Waals surface area (Å²) in [6.45, 7) is 0. The summed E-state index contributed by atoms with van der Waals surface area (Å²) >= 11 is 0. The van der Waals surface area contributed by atoms with Crippen molar-refractivity contribution in [3.8, 4) is 17.3 Å². The zero-order valence-electron chi connectivity index (χ0n) is 11.6. The monoisotopic (exact) mass is 274 g/mol. The molecule has 3 rings (SSSR count). The molecule has 4 nitrogen and oxygen atoms in total. The van der Waals surface area contributed by atoms with Crippen LogP contribution in [0.3, 0.4) is 0 Å². The number of anilines is 2. The van der Waals surface area contributed by atoms with Crippen molar-refractivity contribution in [2.45, 2.75) is 0 Å². The lowest BCUT2D eigenvalue weighted by atomic mass is 10.1. The molecular weight excluding hydrogens is 260 g/mol. The van der Waals surface area contributed by atoms with E-state index >= 15 is 0 Å². The Bertz CT molecular complexity index is 783. The van der Waals surface area contributed by atoms with Gasteiger partial charge in [0.25, 0.3) is 0 Å². The second-order valence-electron chi connectivity index (χ2n) is 4.66. The van der Waals surface area contributed by atoms with Crippen LogP contribution in [0.25, 0.3) is 11.3 Å². The first kappa shape index (κ1) is 12.9. The maximum absolute atomic E-state index is 9.51. The molecule has 2 aromatic carbocycles. The quantitative estimate of drug-likeness (QED) is 0.792. The van der Waals surface area contributed by atoms with Gasteiger partial charge in [-0.3, -0.25) is 4.68 Å². The molecule has 0 aliphatic rings. The first-order valence-electron chi connectivity index (χ1n) is 6.64. The summed E-state index contributed by atoms with van der Waals surface area (Å²) in [5, 5.41) is 17.2. The lowest BCUT2D eigenvalue weighted by Gasteiger charge is -2.06. The summed E-state index contributed by atoms with van der Waals surface area (Å²) in [6, 6.07) is 21.7. The Morgan fingerprint density at radius 1 is 1.00 bits per heavy atom. The van der Waals surface area contributed by atoms with Crippen LogP contribution >= 0.6 is 0 Å². The molecular formula is C17H14N4. The fourth-order valence-corrected chi connectivity index (χ4v) is 2.23. The molecule has 0 bridgehead atoms. The van der Waals surface area contributed by atoms with E-state index in [4.69, 9.17) is 0 Å². The van der Waals surface area contributed by atoms with Crippen LogP contribution in [0.2, 0.25) is 0 Å². The lowest BCUT2D eigenvalue weighted by Crippen LogP contribution is -2.00. The van der Waals surface area contributed by atoms with Crippen molar-refractivity contribution in [1.82, 2.24) is 9.78 Å². The molecule has 21 heavy (non-hydrogen) atoms. The molecule has 3 aromatic rings. The van der Waals surface area contributed by atoms with Gasteiger partial charge in [-0.2, -0.15) is 10.4 Å². The van der Waals surface area contributed by atoms with E-state index in [1.54, 1.807) is 4.68 Å². The minimum Gasteiger partial charge on any atom is -0.339 e. The fourth-order valence-electron chi connectivity index (χ4n) is 2.23. The fraction of sp³-hybridized carbons (Fsp3) is 0.0588. The second kappa shape index (κ2) is 5.51. The molecule has 0 amide bonds. The van der Waals surface area contributed by atoms with E-state index in [9.17, 15) is 5.26 Å². The van der Waals surface area contributed by atoms with E-state index < -0.39 is 0 Å². The van der Waals surface area contributed by atoms with Crippen LogP contribution < -0.4 is 5.32 Å². The molecule has 0 saturated carbocycles. The van der Waals surface area contributed by atoms with Crippen molar-refractivity contribution in [1.29, 1.82) is 5.26 Å². The summed E-state index contributed by atoms with van der Waals surface area (Å²) in [6.07, 6.45) is 0. The molecule has 4 heteroatoms. The topological polar surface area (TPSA) is 53.6 Å². The zero-order valence-corrected chi connectivity index (χ0v) is 11.6. The Balaban J connectivity index is 2.07. The van der Waals surface area contributed by atoms with E-state index in [-0.39, 0.29) is 0 Å². The minimum atomic E-state index is 0.549. The Kier molecular flexibility index (Phi) is 3.40. The van der Waals surface area contributed by atoms with E-state index in [1.165, 1.54) is 0 Å². The first-order chi connectivity index (χ1) is 10.3. The van der Waals surface area contributed by atoms with E-state index in [2.05, 4.69) is 16.5 Å². The largest absolute Gasteiger partial charge is 0.339 e. The Labute approximate surface area is 123 Å². The molecule has 0 fully saturated rings. The van der Waals surface area contributed by atoms with Crippen LogP contribution in [-0.4, -0.2) is 9.78 Å².